The van der Waals surface area contributed by atoms with Crippen molar-refractivity contribution in [2.45, 2.75) is 13.8 Å². The lowest BCUT2D eigenvalue weighted by Gasteiger charge is -2.11. The van der Waals surface area contributed by atoms with Crippen LogP contribution in [0.2, 0.25) is 5.02 Å². The maximum absolute atomic E-state index is 12.5. The molecule has 2 aromatic carbocycles. The molecule has 0 bridgehead atoms. The van der Waals surface area contributed by atoms with Crippen LogP contribution < -0.4 is 10.6 Å². The van der Waals surface area contributed by atoms with Gasteiger partial charge in [0.25, 0.3) is 5.91 Å². The Labute approximate surface area is 151 Å². The molecule has 0 unspecified atom stereocenters. The summed E-state index contributed by atoms with van der Waals surface area (Å²) in [5.74, 6) is -0.201. The molecule has 0 fully saturated rings. The number of pyridine rings is 1. The molecule has 0 aliphatic rings. The Morgan fingerprint density at radius 2 is 1.72 bits per heavy atom. The van der Waals surface area contributed by atoms with E-state index < -0.39 is 0 Å². The molecule has 0 atom stereocenters. The Bertz CT molecular complexity index is 924. The zero-order valence-electron chi connectivity index (χ0n) is 14.0. The van der Waals surface area contributed by atoms with Crippen molar-refractivity contribution >= 4 is 34.6 Å². The van der Waals surface area contributed by atoms with E-state index in [2.05, 4.69) is 15.6 Å². The van der Waals surface area contributed by atoms with Crippen LogP contribution in [0.15, 0.2) is 60.9 Å². The van der Waals surface area contributed by atoms with Gasteiger partial charge in [0.2, 0.25) is 0 Å². The summed E-state index contributed by atoms with van der Waals surface area (Å²) in [7, 11) is 0. The molecule has 3 aromatic rings. The molecular weight excluding hydrogens is 334 g/mol. The van der Waals surface area contributed by atoms with Crippen LogP contribution in [-0.4, -0.2) is 10.9 Å². The number of para-hydroxylation sites is 1. The first-order chi connectivity index (χ1) is 12.0. The number of anilines is 3. The minimum absolute atomic E-state index is 0.201. The maximum Gasteiger partial charge on any atom is 0.257 e. The summed E-state index contributed by atoms with van der Waals surface area (Å²) in [6.45, 7) is 3.94. The second-order valence-corrected chi connectivity index (χ2v) is 6.25. The number of halogens is 1. The highest BCUT2D eigenvalue weighted by Crippen LogP contribution is 2.24. The number of benzene rings is 2. The largest absolute Gasteiger partial charge is 0.354 e. The van der Waals surface area contributed by atoms with E-state index in [0.29, 0.717) is 10.6 Å². The van der Waals surface area contributed by atoms with E-state index in [1.807, 2.05) is 56.3 Å². The lowest BCUT2D eigenvalue weighted by atomic mass is 10.1. The summed E-state index contributed by atoms with van der Waals surface area (Å²) in [6, 6.07) is 15.0. The van der Waals surface area contributed by atoms with Crippen molar-refractivity contribution in [3.63, 3.8) is 0 Å². The van der Waals surface area contributed by atoms with Gasteiger partial charge in [0.15, 0.2) is 0 Å². The van der Waals surface area contributed by atoms with Gasteiger partial charge >= 0.3 is 0 Å². The van der Waals surface area contributed by atoms with Gasteiger partial charge in [-0.1, -0.05) is 35.9 Å². The summed E-state index contributed by atoms with van der Waals surface area (Å²) in [5, 5.41) is 6.81. The Morgan fingerprint density at radius 1 is 0.960 bits per heavy atom. The number of amides is 1. The molecule has 4 nitrogen and oxygen atoms in total. The van der Waals surface area contributed by atoms with Gasteiger partial charge in [0.1, 0.15) is 0 Å². The minimum atomic E-state index is -0.201. The van der Waals surface area contributed by atoms with Crippen molar-refractivity contribution in [1.82, 2.24) is 4.98 Å². The molecule has 0 saturated carbocycles. The number of nitrogens with one attached hydrogen (secondary N) is 2. The first kappa shape index (κ1) is 17.0. The van der Waals surface area contributed by atoms with Crippen molar-refractivity contribution in [3.05, 3.63) is 82.6 Å². The lowest BCUT2D eigenvalue weighted by molar-refractivity contribution is 0.102. The zero-order valence-corrected chi connectivity index (χ0v) is 14.8. The normalized spacial score (nSPS) is 10.4. The van der Waals surface area contributed by atoms with Crippen molar-refractivity contribution in [1.29, 1.82) is 0 Å². The average molecular weight is 352 g/mol. The predicted octanol–water partition coefficient (Wildman–Crippen LogP) is 5.35. The molecule has 1 aromatic heterocycles. The number of hydrogen-bond acceptors (Lipinski definition) is 3. The van der Waals surface area contributed by atoms with Crippen molar-refractivity contribution < 1.29 is 4.79 Å². The van der Waals surface area contributed by atoms with Gasteiger partial charge in [-0.3, -0.25) is 9.78 Å². The number of rotatable bonds is 4. The first-order valence-electron chi connectivity index (χ1n) is 7.88. The second kappa shape index (κ2) is 7.36. The van der Waals surface area contributed by atoms with E-state index in [9.17, 15) is 4.79 Å². The Balaban J connectivity index is 1.80. The number of carbonyl (C=O) groups excluding carboxylic acids is 1. The van der Waals surface area contributed by atoms with E-state index in [4.69, 9.17) is 11.6 Å². The summed E-state index contributed by atoms with van der Waals surface area (Å²) in [4.78, 5) is 16.7. The quantitative estimate of drug-likeness (QED) is 0.666. The molecule has 126 valence electrons. The number of aromatic nitrogens is 1. The predicted molar refractivity (Wildman–Crippen MR) is 103 cm³/mol. The molecule has 3 rings (SSSR count). The van der Waals surface area contributed by atoms with E-state index in [1.54, 1.807) is 18.5 Å². The van der Waals surface area contributed by atoms with Crippen LogP contribution >= 0.6 is 11.6 Å². The molecule has 1 amide bonds. The van der Waals surface area contributed by atoms with Crippen LogP contribution in [0, 0.1) is 13.8 Å². The van der Waals surface area contributed by atoms with Crippen LogP contribution in [0.25, 0.3) is 0 Å². The fourth-order valence-electron chi connectivity index (χ4n) is 2.42. The highest BCUT2D eigenvalue weighted by Gasteiger charge is 2.09. The van der Waals surface area contributed by atoms with Gasteiger partial charge in [-0.05, 0) is 49.2 Å². The zero-order chi connectivity index (χ0) is 17.8. The molecule has 2 N–H and O–H groups in total. The molecule has 25 heavy (non-hydrogen) atoms. The second-order valence-electron chi connectivity index (χ2n) is 5.82. The van der Waals surface area contributed by atoms with Crippen molar-refractivity contribution in [2.75, 3.05) is 10.6 Å². The highest BCUT2D eigenvalue weighted by atomic mass is 35.5. The average Bonchev–Trinajstić information content (AvgIpc) is 2.60. The highest BCUT2D eigenvalue weighted by molar-refractivity contribution is 6.30. The molecule has 0 saturated heterocycles. The maximum atomic E-state index is 12.5. The summed E-state index contributed by atoms with van der Waals surface area (Å²) in [6.07, 6.45) is 3.22. The Kier molecular flexibility index (Phi) is 5.00. The van der Waals surface area contributed by atoms with Gasteiger partial charge in [-0.2, -0.15) is 0 Å². The van der Waals surface area contributed by atoms with Gasteiger partial charge < -0.3 is 10.6 Å². The summed E-state index contributed by atoms with van der Waals surface area (Å²) >= 11 is 6.05. The SMILES string of the molecule is Cc1ccccc1NC(=O)c1cncc(Nc2cc(Cl)ccc2C)c1. The number of hydrogen-bond donors (Lipinski definition) is 2. The van der Waals surface area contributed by atoms with Gasteiger partial charge in [-0.25, -0.2) is 0 Å². The third kappa shape index (κ3) is 4.17. The lowest BCUT2D eigenvalue weighted by Crippen LogP contribution is -2.13. The third-order valence-corrected chi connectivity index (χ3v) is 4.11. The van der Waals surface area contributed by atoms with Crippen LogP contribution in [0.1, 0.15) is 21.5 Å². The van der Waals surface area contributed by atoms with Gasteiger partial charge in [0.05, 0.1) is 17.4 Å². The van der Waals surface area contributed by atoms with E-state index in [0.717, 1.165) is 28.2 Å². The fourth-order valence-corrected chi connectivity index (χ4v) is 2.60. The van der Waals surface area contributed by atoms with Crippen LogP contribution in [-0.2, 0) is 0 Å². The van der Waals surface area contributed by atoms with Crippen molar-refractivity contribution in [3.8, 4) is 0 Å². The van der Waals surface area contributed by atoms with Crippen LogP contribution in [0.5, 0.6) is 0 Å². The molecule has 5 heteroatoms. The van der Waals surface area contributed by atoms with E-state index >= 15 is 0 Å². The number of carbonyl (C=O) groups is 1. The van der Waals surface area contributed by atoms with E-state index in [-0.39, 0.29) is 5.91 Å². The molecular formula is C20H18ClN3O. The summed E-state index contributed by atoms with van der Waals surface area (Å²) in [5.41, 5.74) is 4.94. The minimum Gasteiger partial charge on any atom is -0.354 e. The summed E-state index contributed by atoms with van der Waals surface area (Å²) < 4.78 is 0. The van der Waals surface area contributed by atoms with Gasteiger partial charge in [-0.15, -0.1) is 0 Å². The first-order valence-corrected chi connectivity index (χ1v) is 8.26. The monoisotopic (exact) mass is 351 g/mol. The molecule has 0 radical (unpaired) electrons. The topological polar surface area (TPSA) is 54.0 Å². The number of aryl methyl sites for hydroxylation is 2. The van der Waals surface area contributed by atoms with E-state index in [1.165, 1.54) is 0 Å². The van der Waals surface area contributed by atoms with Crippen LogP contribution in [0.4, 0.5) is 17.1 Å². The van der Waals surface area contributed by atoms with Gasteiger partial charge in [0, 0.05) is 22.6 Å². The molecule has 0 aliphatic heterocycles. The number of nitrogens with zero attached hydrogens (tertiary/aromatic N) is 1. The molecule has 1 heterocycles. The standard InChI is InChI=1S/C20H18ClN3O/c1-13-5-3-4-6-18(13)24-20(25)15-9-17(12-22-11-15)23-19-10-16(21)8-7-14(19)2/h3-12,23H,1-2H3,(H,24,25). The van der Waals surface area contributed by atoms with Crippen LogP contribution in [0.3, 0.4) is 0 Å². The third-order valence-electron chi connectivity index (χ3n) is 3.87. The fraction of sp³-hybridized carbons (Fsp3) is 0.100. The molecule has 0 aliphatic carbocycles. The Hall–Kier alpha value is -2.85. The Morgan fingerprint density at radius 3 is 2.52 bits per heavy atom. The smallest absolute Gasteiger partial charge is 0.257 e. The van der Waals surface area contributed by atoms with Crippen molar-refractivity contribution in [2.24, 2.45) is 0 Å². The molecule has 0 spiro atoms.